The van der Waals surface area contributed by atoms with Gasteiger partial charge in [-0.25, -0.2) is 0 Å². The molecule has 0 unspecified atom stereocenters. The van der Waals surface area contributed by atoms with Crippen molar-refractivity contribution in [1.29, 1.82) is 0 Å². The number of amides is 1. The number of aliphatic hydroxyl groups excluding tert-OH is 1. The van der Waals surface area contributed by atoms with Gasteiger partial charge in [0.25, 0.3) is 5.69 Å². The largest absolute Gasteiger partial charge is 0.392 e. The molecule has 6 heteroatoms. The third-order valence-electron chi connectivity index (χ3n) is 2.92. The van der Waals surface area contributed by atoms with E-state index in [1.54, 1.807) is 42.5 Å². The molecule has 0 bridgehead atoms. The molecule has 0 spiro atoms. The lowest BCUT2D eigenvalue weighted by molar-refractivity contribution is -0.385. The maximum Gasteiger partial charge on any atom is 0.276 e. The zero-order valence-corrected chi connectivity index (χ0v) is 11.6. The molecule has 0 aliphatic carbocycles. The van der Waals surface area contributed by atoms with Gasteiger partial charge in [-0.2, -0.15) is 0 Å². The summed E-state index contributed by atoms with van der Waals surface area (Å²) in [7, 11) is 0. The highest BCUT2D eigenvalue weighted by Gasteiger charge is 2.09. The second kappa shape index (κ2) is 7.14. The molecule has 2 aromatic carbocycles. The van der Waals surface area contributed by atoms with Gasteiger partial charge in [-0.15, -0.1) is 0 Å². The number of carbonyl (C=O) groups is 1. The number of rotatable bonds is 5. The van der Waals surface area contributed by atoms with Crippen LogP contribution in [0, 0.1) is 10.1 Å². The fourth-order valence-corrected chi connectivity index (χ4v) is 1.89. The summed E-state index contributed by atoms with van der Waals surface area (Å²) in [5.41, 5.74) is 1.52. The molecular formula is C16H14N2O4. The van der Waals surface area contributed by atoms with E-state index < -0.39 is 10.8 Å². The smallest absolute Gasteiger partial charge is 0.276 e. The number of anilines is 1. The molecule has 0 heterocycles. The molecule has 0 atom stereocenters. The van der Waals surface area contributed by atoms with Crippen molar-refractivity contribution in [3.63, 3.8) is 0 Å². The summed E-state index contributed by atoms with van der Waals surface area (Å²) >= 11 is 0. The van der Waals surface area contributed by atoms with Crippen LogP contribution in [0.25, 0.3) is 6.08 Å². The Morgan fingerprint density at radius 2 is 2.00 bits per heavy atom. The van der Waals surface area contributed by atoms with Crippen LogP contribution in [0.15, 0.2) is 54.6 Å². The van der Waals surface area contributed by atoms with Crippen LogP contribution in [0.3, 0.4) is 0 Å². The lowest BCUT2D eigenvalue weighted by Gasteiger charge is -2.03. The summed E-state index contributed by atoms with van der Waals surface area (Å²) in [4.78, 5) is 22.2. The van der Waals surface area contributed by atoms with Crippen molar-refractivity contribution in [1.82, 2.24) is 0 Å². The first kappa shape index (κ1) is 15.4. The Kier molecular flexibility index (Phi) is 5.00. The zero-order valence-electron chi connectivity index (χ0n) is 11.6. The lowest BCUT2D eigenvalue weighted by atomic mass is 10.1. The summed E-state index contributed by atoms with van der Waals surface area (Å²) in [5, 5.41) is 22.5. The van der Waals surface area contributed by atoms with Crippen LogP contribution in [-0.4, -0.2) is 15.9 Å². The van der Waals surface area contributed by atoms with Gasteiger partial charge in [-0.1, -0.05) is 24.3 Å². The SMILES string of the molecule is O=C(/C=C/c1ccccc1[N+](=O)[O-])Nc1cccc(CO)c1. The molecule has 2 aromatic rings. The molecule has 0 saturated heterocycles. The van der Waals surface area contributed by atoms with Gasteiger partial charge in [0.05, 0.1) is 17.1 Å². The van der Waals surface area contributed by atoms with Gasteiger partial charge in [0.15, 0.2) is 0 Å². The highest BCUT2D eigenvalue weighted by atomic mass is 16.6. The molecule has 2 rings (SSSR count). The standard InChI is InChI=1S/C16H14N2O4/c19-11-12-4-3-6-14(10-12)17-16(20)9-8-13-5-1-2-7-15(13)18(21)22/h1-10,19H,11H2,(H,17,20)/b9-8+. The minimum Gasteiger partial charge on any atom is -0.392 e. The molecule has 0 saturated carbocycles. The summed E-state index contributed by atoms with van der Waals surface area (Å²) < 4.78 is 0. The van der Waals surface area contributed by atoms with E-state index in [0.717, 1.165) is 0 Å². The number of hydrogen-bond acceptors (Lipinski definition) is 4. The fourth-order valence-electron chi connectivity index (χ4n) is 1.89. The molecule has 0 radical (unpaired) electrons. The molecule has 0 fully saturated rings. The average Bonchev–Trinajstić information content (AvgIpc) is 2.53. The van der Waals surface area contributed by atoms with Crippen LogP contribution in [0.2, 0.25) is 0 Å². The van der Waals surface area contributed by atoms with Gasteiger partial charge >= 0.3 is 0 Å². The van der Waals surface area contributed by atoms with E-state index in [1.807, 2.05) is 0 Å². The molecule has 1 amide bonds. The van der Waals surface area contributed by atoms with Crippen LogP contribution in [0.4, 0.5) is 11.4 Å². The zero-order chi connectivity index (χ0) is 15.9. The number of aliphatic hydroxyl groups is 1. The van der Waals surface area contributed by atoms with Crippen molar-refractivity contribution in [3.05, 3.63) is 75.8 Å². The van der Waals surface area contributed by atoms with Crippen molar-refractivity contribution in [2.24, 2.45) is 0 Å². The number of nitro benzene ring substituents is 1. The number of nitrogens with one attached hydrogen (secondary N) is 1. The minimum absolute atomic E-state index is 0.0613. The first-order chi connectivity index (χ1) is 10.6. The molecule has 6 nitrogen and oxygen atoms in total. The first-order valence-electron chi connectivity index (χ1n) is 6.52. The average molecular weight is 298 g/mol. The van der Waals surface area contributed by atoms with Crippen LogP contribution >= 0.6 is 0 Å². The fraction of sp³-hybridized carbons (Fsp3) is 0.0625. The van der Waals surface area contributed by atoms with Crippen molar-refractivity contribution in [2.45, 2.75) is 6.61 Å². The van der Waals surface area contributed by atoms with E-state index in [9.17, 15) is 14.9 Å². The maximum absolute atomic E-state index is 11.8. The van der Waals surface area contributed by atoms with Crippen molar-refractivity contribution >= 4 is 23.4 Å². The van der Waals surface area contributed by atoms with Gasteiger partial charge in [-0.3, -0.25) is 14.9 Å². The second-order valence-electron chi connectivity index (χ2n) is 4.50. The van der Waals surface area contributed by atoms with Gasteiger partial charge in [0, 0.05) is 17.8 Å². The highest BCUT2D eigenvalue weighted by Crippen LogP contribution is 2.19. The Morgan fingerprint density at radius 1 is 1.23 bits per heavy atom. The molecule has 0 aliphatic heterocycles. The predicted octanol–water partition coefficient (Wildman–Crippen LogP) is 2.74. The molecule has 112 valence electrons. The number of nitro groups is 1. The Balaban J connectivity index is 2.10. The van der Waals surface area contributed by atoms with Crippen molar-refractivity contribution < 1.29 is 14.8 Å². The van der Waals surface area contributed by atoms with Crippen LogP contribution in [0.5, 0.6) is 0 Å². The van der Waals surface area contributed by atoms with Crippen molar-refractivity contribution in [3.8, 4) is 0 Å². The van der Waals surface area contributed by atoms with Crippen LogP contribution in [0.1, 0.15) is 11.1 Å². The Hall–Kier alpha value is -2.99. The predicted molar refractivity (Wildman–Crippen MR) is 83.1 cm³/mol. The van der Waals surface area contributed by atoms with Gasteiger partial charge in [0.2, 0.25) is 5.91 Å². The third-order valence-corrected chi connectivity index (χ3v) is 2.92. The maximum atomic E-state index is 11.8. The van der Waals surface area contributed by atoms with E-state index in [0.29, 0.717) is 16.8 Å². The number of nitrogens with zero attached hydrogens (tertiary/aromatic N) is 1. The minimum atomic E-state index is -0.498. The Bertz CT molecular complexity index is 726. The molecule has 22 heavy (non-hydrogen) atoms. The van der Waals surface area contributed by atoms with Crippen LogP contribution in [-0.2, 0) is 11.4 Å². The molecule has 2 N–H and O–H groups in total. The summed E-state index contributed by atoms with van der Waals surface area (Å²) in [6, 6.07) is 13.0. The Labute approximate surface area is 126 Å². The molecular weight excluding hydrogens is 284 g/mol. The lowest BCUT2D eigenvalue weighted by Crippen LogP contribution is -2.08. The highest BCUT2D eigenvalue weighted by molar-refractivity contribution is 6.02. The Morgan fingerprint density at radius 3 is 2.73 bits per heavy atom. The number of para-hydroxylation sites is 1. The molecule has 0 aromatic heterocycles. The normalized spacial score (nSPS) is 10.6. The monoisotopic (exact) mass is 298 g/mol. The van der Waals surface area contributed by atoms with Gasteiger partial charge < -0.3 is 10.4 Å². The number of benzene rings is 2. The quantitative estimate of drug-likeness (QED) is 0.504. The van der Waals surface area contributed by atoms with Gasteiger partial charge in [-0.05, 0) is 29.8 Å². The molecule has 0 aliphatic rings. The van der Waals surface area contributed by atoms with E-state index >= 15 is 0 Å². The third kappa shape index (κ3) is 4.00. The summed E-state index contributed by atoms with van der Waals surface area (Å²) in [6.07, 6.45) is 2.62. The van der Waals surface area contributed by atoms with E-state index in [-0.39, 0.29) is 12.3 Å². The topological polar surface area (TPSA) is 92.5 Å². The second-order valence-corrected chi connectivity index (χ2v) is 4.50. The van der Waals surface area contributed by atoms with E-state index in [1.165, 1.54) is 18.2 Å². The van der Waals surface area contributed by atoms with Gasteiger partial charge in [0.1, 0.15) is 0 Å². The van der Waals surface area contributed by atoms with E-state index in [2.05, 4.69) is 5.32 Å². The number of hydrogen-bond donors (Lipinski definition) is 2. The van der Waals surface area contributed by atoms with Crippen LogP contribution < -0.4 is 5.32 Å². The summed E-state index contributed by atoms with van der Waals surface area (Å²) in [6.45, 7) is -0.115. The first-order valence-corrected chi connectivity index (χ1v) is 6.52. The number of carbonyl (C=O) groups excluding carboxylic acids is 1. The van der Waals surface area contributed by atoms with E-state index in [4.69, 9.17) is 5.11 Å². The summed E-state index contributed by atoms with van der Waals surface area (Å²) in [5.74, 6) is -0.409. The van der Waals surface area contributed by atoms with Crippen molar-refractivity contribution in [2.75, 3.05) is 5.32 Å².